The number of alkyl halides is 3. The molecule has 1 unspecified atom stereocenters. The van der Waals surface area contributed by atoms with Crippen molar-refractivity contribution in [3.05, 3.63) is 23.3 Å². The van der Waals surface area contributed by atoms with Crippen LogP contribution in [0.2, 0.25) is 0 Å². The first-order valence-electron chi connectivity index (χ1n) is 6.82. The lowest BCUT2D eigenvalue weighted by molar-refractivity contribution is -0.141. The van der Waals surface area contributed by atoms with Crippen molar-refractivity contribution in [2.75, 3.05) is 14.2 Å². The fourth-order valence-corrected chi connectivity index (χ4v) is 2.66. The number of carbonyl (C=O) groups is 1. The second-order valence-electron chi connectivity index (χ2n) is 5.33. The number of carboxylic acid groups (broad SMARTS) is 1. The van der Waals surface area contributed by atoms with Crippen LogP contribution in [0.25, 0.3) is 0 Å². The van der Waals surface area contributed by atoms with Gasteiger partial charge in [0.15, 0.2) is 11.5 Å². The van der Waals surface area contributed by atoms with Crippen molar-refractivity contribution >= 4 is 5.97 Å². The van der Waals surface area contributed by atoms with Gasteiger partial charge in [-0.1, -0.05) is 0 Å². The van der Waals surface area contributed by atoms with Crippen LogP contribution in [0.3, 0.4) is 0 Å². The Labute approximate surface area is 125 Å². The van der Waals surface area contributed by atoms with Gasteiger partial charge in [0, 0.05) is 0 Å². The van der Waals surface area contributed by atoms with Crippen LogP contribution >= 0.6 is 0 Å². The summed E-state index contributed by atoms with van der Waals surface area (Å²) in [5.41, 5.74) is -0.890. The molecule has 1 fully saturated rings. The highest BCUT2D eigenvalue weighted by molar-refractivity contribution is 5.68. The molecule has 0 saturated heterocycles. The zero-order valence-corrected chi connectivity index (χ0v) is 12.2. The summed E-state index contributed by atoms with van der Waals surface area (Å²) in [6, 6.07) is 2.14. The normalized spacial score (nSPS) is 16.2. The molecular formula is C15H17F3O4. The third kappa shape index (κ3) is 3.45. The SMILES string of the molecule is COc1cc(C(CC(=O)O)C2CC2)c(C(F)(F)F)cc1OC. The minimum Gasteiger partial charge on any atom is -0.493 e. The average Bonchev–Trinajstić information content (AvgIpc) is 3.26. The van der Waals surface area contributed by atoms with Crippen LogP contribution in [0.1, 0.15) is 36.3 Å². The van der Waals surface area contributed by atoms with Gasteiger partial charge in [-0.3, -0.25) is 4.79 Å². The second kappa shape index (κ2) is 6.06. The first-order chi connectivity index (χ1) is 10.3. The van der Waals surface area contributed by atoms with E-state index in [0.717, 1.165) is 18.9 Å². The number of aliphatic carboxylic acids is 1. The number of halogens is 3. The Balaban J connectivity index is 2.57. The second-order valence-corrected chi connectivity index (χ2v) is 5.33. The third-order valence-corrected chi connectivity index (χ3v) is 3.85. The number of rotatable bonds is 6. The molecule has 22 heavy (non-hydrogen) atoms. The van der Waals surface area contributed by atoms with E-state index < -0.39 is 23.6 Å². The summed E-state index contributed by atoms with van der Waals surface area (Å²) in [7, 11) is 2.59. The lowest BCUT2D eigenvalue weighted by atomic mass is 9.87. The Morgan fingerprint density at radius 1 is 1.27 bits per heavy atom. The largest absolute Gasteiger partial charge is 0.493 e. The van der Waals surface area contributed by atoms with E-state index in [1.54, 1.807) is 0 Å². The van der Waals surface area contributed by atoms with Crippen LogP contribution in [-0.4, -0.2) is 25.3 Å². The van der Waals surface area contributed by atoms with Gasteiger partial charge in [-0.25, -0.2) is 0 Å². The molecule has 0 bridgehead atoms. The van der Waals surface area contributed by atoms with E-state index in [2.05, 4.69) is 0 Å². The number of carboxylic acids is 1. The predicted octanol–water partition coefficient (Wildman–Crippen LogP) is 3.69. The highest BCUT2D eigenvalue weighted by Gasteiger charge is 2.41. The van der Waals surface area contributed by atoms with Crippen molar-refractivity contribution < 1.29 is 32.5 Å². The zero-order chi connectivity index (χ0) is 16.5. The summed E-state index contributed by atoms with van der Waals surface area (Å²) in [6.07, 6.45) is -3.43. The molecule has 1 atom stereocenters. The van der Waals surface area contributed by atoms with Crippen LogP contribution in [0.4, 0.5) is 13.2 Å². The van der Waals surface area contributed by atoms with E-state index in [0.29, 0.717) is 0 Å². The highest BCUT2D eigenvalue weighted by Crippen LogP contribution is 2.50. The summed E-state index contributed by atoms with van der Waals surface area (Å²) in [4.78, 5) is 11.0. The quantitative estimate of drug-likeness (QED) is 0.869. The molecule has 1 N–H and O–H groups in total. The first kappa shape index (κ1) is 16.5. The minimum atomic E-state index is -4.58. The van der Waals surface area contributed by atoms with Gasteiger partial charge in [0.2, 0.25) is 0 Å². The molecule has 1 aromatic rings. The molecule has 2 rings (SSSR count). The summed E-state index contributed by atoms with van der Waals surface area (Å²) in [6.45, 7) is 0. The molecule has 1 saturated carbocycles. The van der Waals surface area contributed by atoms with Gasteiger partial charge < -0.3 is 14.6 Å². The smallest absolute Gasteiger partial charge is 0.416 e. The van der Waals surface area contributed by atoms with Crippen LogP contribution in [-0.2, 0) is 11.0 Å². The number of methoxy groups -OCH3 is 2. The van der Waals surface area contributed by atoms with E-state index in [-0.39, 0.29) is 29.4 Å². The van der Waals surface area contributed by atoms with E-state index >= 15 is 0 Å². The zero-order valence-electron chi connectivity index (χ0n) is 12.2. The topological polar surface area (TPSA) is 55.8 Å². The highest BCUT2D eigenvalue weighted by atomic mass is 19.4. The molecule has 122 valence electrons. The maximum Gasteiger partial charge on any atom is 0.416 e. The number of hydrogen-bond donors (Lipinski definition) is 1. The average molecular weight is 318 g/mol. The summed E-state index contributed by atoms with van der Waals surface area (Å²) in [5.74, 6) is -1.67. The molecule has 1 aromatic carbocycles. The van der Waals surface area contributed by atoms with Gasteiger partial charge in [-0.05, 0) is 42.4 Å². The maximum absolute atomic E-state index is 13.3. The van der Waals surface area contributed by atoms with Crippen molar-refractivity contribution in [3.63, 3.8) is 0 Å². The van der Waals surface area contributed by atoms with Crippen molar-refractivity contribution in [1.82, 2.24) is 0 Å². The van der Waals surface area contributed by atoms with Crippen LogP contribution < -0.4 is 9.47 Å². The van der Waals surface area contributed by atoms with E-state index in [9.17, 15) is 18.0 Å². The Hall–Kier alpha value is -1.92. The number of benzene rings is 1. The number of ether oxygens (including phenoxy) is 2. The van der Waals surface area contributed by atoms with E-state index in [1.807, 2.05) is 0 Å². The van der Waals surface area contributed by atoms with Crippen molar-refractivity contribution in [2.24, 2.45) is 5.92 Å². The fraction of sp³-hybridized carbons (Fsp3) is 0.533. The van der Waals surface area contributed by atoms with Gasteiger partial charge in [0.05, 0.1) is 26.2 Å². The lowest BCUT2D eigenvalue weighted by Crippen LogP contribution is -2.16. The summed E-state index contributed by atoms with van der Waals surface area (Å²) >= 11 is 0. The molecule has 0 radical (unpaired) electrons. The minimum absolute atomic E-state index is 0.0246. The molecule has 4 nitrogen and oxygen atoms in total. The van der Waals surface area contributed by atoms with Crippen molar-refractivity contribution in [3.8, 4) is 11.5 Å². The van der Waals surface area contributed by atoms with Gasteiger partial charge in [-0.2, -0.15) is 13.2 Å². The Bertz CT molecular complexity index is 565. The summed E-state index contributed by atoms with van der Waals surface area (Å²) in [5, 5.41) is 9.01. The molecule has 0 aromatic heterocycles. The Morgan fingerprint density at radius 2 is 1.82 bits per heavy atom. The van der Waals surface area contributed by atoms with Gasteiger partial charge >= 0.3 is 12.1 Å². The predicted molar refractivity (Wildman–Crippen MR) is 72.3 cm³/mol. The van der Waals surface area contributed by atoms with Crippen LogP contribution in [0.15, 0.2) is 12.1 Å². The molecule has 0 aliphatic heterocycles. The lowest BCUT2D eigenvalue weighted by Gasteiger charge is -2.22. The molecule has 1 aliphatic carbocycles. The monoisotopic (exact) mass is 318 g/mol. The molecule has 0 spiro atoms. The number of hydrogen-bond acceptors (Lipinski definition) is 3. The van der Waals surface area contributed by atoms with E-state index in [4.69, 9.17) is 14.6 Å². The van der Waals surface area contributed by atoms with Crippen LogP contribution in [0.5, 0.6) is 11.5 Å². The molecule has 7 heteroatoms. The van der Waals surface area contributed by atoms with Gasteiger partial charge in [0.1, 0.15) is 0 Å². The van der Waals surface area contributed by atoms with Crippen molar-refractivity contribution in [1.29, 1.82) is 0 Å². The summed E-state index contributed by atoms with van der Waals surface area (Å²) < 4.78 is 50.0. The van der Waals surface area contributed by atoms with E-state index in [1.165, 1.54) is 20.3 Å². The Morgan fingerprint density at radius 3 is 2.23 bits per heavy atom. The maximum atomic E-state index is 13.3. The molecular weight excluding hydrogens is 301 g/mol. The Kier molecular flexibility index (Phi) is 4.53. The molecule has 0 amide bonds. The van der Waals surface area contributed by atoms with Crippen LogP contribution in [0, 0.1) is 5.92 Å². The first-order valence-corrected chi connectivity index (χ1v) is 6.82. The van der Waals surface area contributed by atoms with Gasteiger partial charge in [-0.15, -0.1) is 0 Å². The fourth-order valence-electron chi connectivity index (χ4n) is 2.66. The molecule has 1 aliphatic rings. The van der Waals surface area contributed by atoms with Crippen molar-refractivity contribution in [2.45, 2.75) is 31.4 Å². The van der Waals surface area contributed by atoms with Gasteiger partial charge in [0.25, 0.3) is 0 Å². The standard InChI is InChI=1S/C15H17F3O4/c1-21-12-5-10(9(6-14(19)20)8-3-4-8)11(15(16,17)18)7-13(12)22-2/h5,7-9H,3-4,6H2,1-2H3,(H,19,20). The third-order valence-electron chi connectivity index (χ3n) is 3.85. The molecule has 0 heterocycles.